The van der Waals surface area contributed by atoms with E-state index in [0.29, 0.717) is 18.9 Å². The van der Waals surface area contributed by atoms with Crippen molar-refractivity contribution in [1.29, 1.82) is 0 Å². The molecule has 2 atom stereocenters. The molecular weight excluding hydrogens is 298 g/mol. The third-order valence-electron chi connectivity index (χ3n) is 3.71. The molecule has 0 radical (unpaired) electrons. The molecule has 2 N–H and O–H groups in total. The van der Waals surface area contributed by atoms with Crippen molar-refractivity contribution in [3.63, 3.8) is 0 Å². The number of rotatable bonds is 4. The molecule has 2 heterocycles. The molecule has 5 nitrogen and oxygen atoms in total. The minimum atomic E-state index is 0. The Morgan fingerprint density at radius 3 is 2.95 bits per heavy atom. The number of hydrogen-bond acceptors (Lipinski definition) is 4. The maximum Gasteiger partial charge on any atom is 0.307 e. The van der Waals surface area contributed by atoms with E-state index in [4.69, 9.17) is 0 Å². The predicted molar refractivity (Wildman–Crippen MR) is 83.8 cm³/mol. The molecule has 0 aliphatic carbocycles. The monoisotopic (exact) mass is 319 g/mol. The summed E-state index contributed by atoms with van der Waals surface area (Å²) in [6.45, 7) is 6.39. The predicted octanol–water partition coefficient (Wildman–Crippen LogP) is 1.14. The number of piperidine rings is 1. The van der Waals surface area contributed by atoms with Crippen molar-refractivity contribution in [2.75, 3.05) is 13.1 Å². The lowest BCUT2D eigenvalue weighted by Gasteiger charge is -2.30. The van der Waals surface area contributed by atoms with Gasteiger partial charge >= 0.3 is 4.87 Å². The van der Waals surface area contributed by atoms with Gasteiger partial charge in [-0.25, -0.2) is 0 Å². The molecule has 2 unspecified atom stereocenters. The molecule has 1 aromatic rings. The highest BCUT2D eigenvalue weighted by molar-refractivity contribution is 7.07. The standard InChI is InChI=1S/C13H21N3O2S.ClH/c1-9-3-5-14-7-11(9)15-12(17)4-6-16-10(2)8-19-13(16)18;/h8-9,11,14H,3-7H2,1-2H3,(H,15,17);1H. The van der Waals surface area contributed by atoms with Crippen LogP contribution in [-0.4, -0.2) is 29.6 Å². The molecule has 1 aromatic heterocycles. The third-order valence-corrected chi connectivity index (χ3v) is 4.59. The minimum absolute atomic E-state index is 0. The van der Waals surface area contributed by atoms with Crippen molar-refractivity contribution in [3.8, 4) is 0 Å². The van der Waals surface area contributed by atoms with Gasteiger partial charge in [0, 0.05) is 36.6 Å². The Bertz CT molecular complexity index is 500. The van der Waals surface area contributed by atoms with Crippen molar-refractivity contribution in [2.45, 2.75) is 39.3 Å². The molecule has 0 spiro atoms. The van der Waals surface area contributed by atoms with Crippen LogP contribution in [0.25, 0.3) is 0 Å². The number of hydrogen-bond donors (Lipinski definition) is 2. The van der Waals surface area contributed by atoms with Gasteiger partial charge in [0.15, 0.2) is 0 Å². The van der Waals surface area contributed by atoms with Crippen LogP contribution in [0.5, 0.6) is 0 Å². The molecule has 0 saturated carbocycles. The Morgan fingerprint density at radius 2 is 2.35 bits per heavy atom. The summed E-state index contributed by atoms with van der Waals surface area (Å²) >= 11 is 1.18. The number of aryl methyl sites for hydroxylation is 1. The minimum Gasteiger partial charge on any atom is -0.352 e. The number of thiazole rings is 1. The van der Waals surface area contributed by atoms with E-state index in [1.807, 2.05) is 12.3 Å². The molecule has 20 heavy (non-hydrogen) atoms. The van der Waals surface area contributed by atoms with Crippen molar-refractivity contribution >= 4 is 29.7 Å². The number of nitrogens with one attached hydrogen (secondary N) is 2. The smallest absolute Gasteiger partial charge is 0.307 e. The van der Waals surface area contributed by atoms with E-state index in [0.717, 1.165) is 25.2 Å². The highest BCUT2D eigenvalue weighted by Crippen LogP contribution is 2.11. The van der Waals surface area contributed by atoms with Gasteiger partial charge < -0.3 is 15.2 Å². The maximum absolute atomic E-state index is 11.9. The summed E-state index contributed by atoms with van der Waals surface area (Å²) in [7, 11) is 0. The highest BCUT2D eigenvalue weighted by Gasteiger charge is 2.22. The molecular formula is C13H22ClN3O2S. The lowest BCUT2D eigenvalue weighted by atomic mass is 9.95. The van der Waals surface area contributed by atoms with E-state index in [2.05, 4.69) is 17.6 Å². The van der Waals surface area contributed by atoms with Crippen molar-refractivity contribution in [1.82, 2.24) is 15.2 Å². The lowest BCUT2D eigenvalue weighted by molar-refractivity contribution is -0.122. The summed E-state index contributed by atoms with van der Waals surface area (Å²) in [5.74, 6) is 0.536. The van der Waals surface area contributed by atoms with Gasteiger partial charge in [0.2, 0.25) is 5.91 Å². The van der Waals surface area contributed by atoms with E-state index >= 15 is 0 Å². The summed E-state index contributed by atoms with van der Waals surface area (Å²) in [6.07, 6.45) is 1.45. The topological polar surface area (TPSA) is 63.1 Å². The molecule has 1 aliphatic rings. The van der Waals surface area contributed by atoms with Gasteiger partial charge in [0.1, 0.15) is 0 Å². The fourth-order valence-electron chi connectivity index (χ4n) is 2.35. The zero-order valence-corrected chi connectivity index (χ0v) is 13.5. The first kappa shape index (κ1) is 17.2. The molecule has 1 saturated heterocycles. The lowest BCUT2D eigenvalue weighted by Crippen LogP contribution is -2.50. The SMILES string of the molecule is Cc1csc(=O)n1CCC(=O)NC1CNCCC1C.Cl. The molecule has 1 aliphatic heterocycles. The second kappa shape index (κ2) is 7.81. The van der Waals surface area contributed by atoms with Crippen LogP contribution in [-0.2, 0) is 11.3 Å². The summed E-state index contributed by atoms with van der Waals surface area (Å²) < 4.78 is 1.66. The zero-order chi connectivity index (χ0) is 13.8. The second-order valence-electron chi connectivity index (χ2n) is 5.19. The van der Waals surface area contributed by atoms with Gasteiger partial charge in [-0.1, -0.05) is 18.3 Å². The average Bonchev–Trinajstić information content (AvgIpc) is 2.70. The molecule has 7 heteroatoms. The Labute approximate surface area is 129 Å². The molecule has 1 amide bonds. The van der Waals surface area contributed by atoms with Crippen LogP contribution in [0.2, 0.25) is 0 Å². The van der Waals surface area contributed by atoms with Crippen molar-refractivity contribution in [2.24, 2.45) is 5.92 Å². The van der Waals surface area contributed by atoms with Gasteiger partial charge in [-0.2, -0.15) is 0 Å². The molecule has 0 bridgehead atoms. The summed E-state index contributed by atoms with van der Waals surface area (Å²) in [4.78, 5) is 23.5. The van der Waals surface area contributed by atoms with Crippen LogP contribution in [0.3, 0.4) is 0 Å². The van der Waals surface area contributed by atoms with Gasteiger partial charge in [0.05, 0.1) is 0 Å². The number of nitrogens with zero attached hydrogens (tertiary/aromatic N) is 1. The Kier molecular flexibility index (Phi) is 6.71. The molecule has 0 aromatic carbocycles. The van der Waals surface area contributed by atoms with E-state index in [-0.39, 0.29) is 29.2 Å². The number of aromatic nitrogens is 1. The van der Waals surface area contributed by atoms with E-state index in [1.54, 1.807) is 4.57 Å². The van der Waals surface area contributed by atoms with Gasteiger partial charge in [-0.15, -0.1) is 12.4 Å². The number of carbonyl (C=O) groups is 1. The highest BCUT2D eigenvalue weighted by atomic mass is 35.5. The number of amides is 1. The van der Waals surface area contributed by atoms with E-state index < -0.39 is 0 Å². The van der Waals surface area contributed by atoms with E-state index in [1.165, 1.54) is 11.3 Å². The van der Waals surface area contributed by atoms with Crippen LogP contribution in [0, 0.1) is 12.8 Å². The van der Waals surface area contributed by atoms with Crippen LogP contribution >= 0.6 is 23.7 Å². The summed E-state index contributed by atoms with van der Waals surface area (Å²) in [5, 5.41) is 8.17. The van der Waals surface area contributed by atoms with Gasteiger partial charge in [0.25, 0.3) is 0 Å². The van der Waals surface area contributed by atoms with Crippen LogP contribution in [0.1, 0.15) is 25.5 Å². The Hall–Kier alpha value is -0.850. The van der Waals surface area contributed by atoms with Crippen LogP contribution in [0.4, 0.5) is 0 Å². The van der Waals surface area contributed by atoms with Crippen molar-refractivity contribution in [3.05, 3.63) is 20.7 Å². The third kappa shape index (κ3) is 4.33. The average molecular weight is 320 g/mol. The second-order valence-corrected chi connectivity index (χ2v) is 6.01. The largest absolute Gasteiger partial charge is 0.352 e. The Balaban J connectivity index is 0.00000200. The zero-order valence-electron chi connectivity index (χ0n) is 11.8. The first-order chi connectivity index (χ1) is 9.08. The summed E-state index contributed by atoms with van der Waals surface area (Å²) in [6, 6.07) is 0.210. The van der Waals surface area contributed by atoms with Crippen molar-refractivity contribution < 1.29 is 4.79 Å². The number of halogens is 1. The van der Waals surface area contributed by atoms with Gasteiger partial charge in [-0.3, -0.25) is 9.59 Å². The molecule has 1 fully saturated rings. The normalized spacial score (nSPS) is 22.1. The molecule has 2 rings (SSSR count). The van der Waals surface area contributed by atoms with E-state index in [9.17, 15) is 9.59 Å². The number of carbonyl (C=O) groups excluding carboxylic acids is 1. The first-order valence-electron chi connectivity index (χ1n) is 6.73. The maximum atomic E-state index is 11.9. The molecule has 114 valence electrons. The fraction of sp³-hybridized carbons (Fsp3) is 0.692. The van der Waals surface area contributed by atoms with Gasteiger partial charge in [-0.05, 0) is 25.8 Å². The fourth-order valence-corrected chi connectivity index (χ4v) is 3.11. The Morgan fingerprint density at radius 1 is 1.60 bits per heavy atom. The van der Waals surface area contributed by atoms with Crippen LogP contribution < -0.4 is 15.5 Å². The van der Waals surface area contributed by atoms with Crippen LogP contribution in [0.15, 0.2) is 10.2 Å². The first-order valence-corrected chi connectivity index (χ1v) is 7.61. The summed E-state index contributed by atoms with van der Waals surface area (Å²) in [5.41, 5.74) is 0.926. The quantitative estimate of drug-likeness (QED) is 0.875.